The van der Waals surface area contributed by atoms with Crippen molar-refractivity contribution in [2.75, 3.05) is 33.8 Å². The summed E-state index contributed by atoms with van der Waals surface area (Å²) in [4.78, 5) is 14.2. The summed E-state index contributed by atoms with van der Waals surface area (Å²) >= 11 is 0. The van der Waals surface area contributed by atoms with Crippen molar-refractivity contribution in [3.05, 3.63) is 17.5 Å². The van der Waals surface area contributed by atoms with Gasteiger partial charge in [0.05, 0.1) is 12.3 Å². The third kappa shape index (κ3) is 4.61. The summed E-state index contributed by atoms with van der Waals surface area (Å²) in [7, 11) is 5.87. The van der Waals surface area contributed by atoms with E-state index in [-0.39, 0.29) is 5.97 Å². The molecule has 1 N–H and O–H groups in total. The SMILES string of the molecule is CCOC(=O)C(NCCN(C)C)c1cn(C)nc1CC. The summed E-state index contributed by atoms with van der Waals surface area (Å²) in [6.45, 7) is 5.81. The quantitative estimate of drug-likeness (QED) is 0.713. The molecular formula is C14H26N4O2. The van der Waals surface area contributed by atoms with Crippen LogP contribution >= 0.6 is 0 Å². The van der Waals surface area contributed by atoms with Crippen LogP contribution in [0.15, 0.2) is 6.20 Å². The van der Waals surface area contributed by atoms with Crippen LogP contribution in [-0.4, -0.2) is 54.4 Å². The van der Waals surface area contributed by atoms with E-state index in [9.17, 15) is 4.79 Å². The van der Waals surface area contributed by atoms with Gasteiger partial charge in [-0.15, -0.1) is 0 Å². The van der Waals surface area contributed by atoms with Crippen molar-refractivity contribution < 1.29 is 9.53 Å². The standard InChI is InChI=1S/C14H26N4O2/c1-6-12-11(10-18(5)16-12)13(14(19)20-7-2)15-8-9-17(3)4/h10,13,15H,6-9H2,1-5H3. The van der Waals surface area contributed by atoms with E-state index in [0.29, 0.717) is 13.2 Å². The second-order valence-corrected chi connectivity index (χ2v) is 5.00. The maximum atomic E-state index is 12.2. The number of carbonyl (C=O) groups excluding carboxylic acids is 1. The topological polar surface area (TPSA) is 59.4 Å². The molecule has 0 spiro atoms. The Balaban J connectivity index is 2.87. The number of rotatable bonds is 8. The van der Waals surface area contributed by atoms with E-state index in [2.05, 4.69) is 15.3 Å². The van der Waals surface area contributed by atoms with Crippen LogP contribution in [0.1, 0.15) is 31.1 Å². The molecule has 0 aliphatic heterocycles. The highest BCUT2D eigenvalue weighted by Gasteiger charge is 2.25. The minimum absolute atomic E-state index is 0.242. The molecule has 0 aliphatic carbocycles. The molecule has 1 aromatic rings. The molecule has 0 radical (unpaired) electrons. The van der Waals surface area contributed by atoms with Gasteiger partial charge in [0.2, 0.25) is 0 Å². The fourth-order valence-electron chi connectivity index (χ4n) is 2.05. The number of nitrogens with zero attached hydrogens (tertiary/aromatic N) is 3. The first-order valence-corrected chi connectivity index (χ1v) is 7.06. The first-order valence-electron chi connectivity index (χ1n) is 7.06. The molecule has 6 nitrogen and oxygen atoms in total. The number of ether oxygens (including phenoxy) is 1. The summed E-state index contributed by atoms with van der Waals surface area (Å²) in [5, 5.41) is 7.66. The lowest BCUT2D eigenvalue weighted by Gasteiger charge is -2.18. The van der Waals surface area contributed by atoms with Gasteiger partial charge in [0.25, 0.3) is 0 Å². The fraction of sp³-hybridized carbons (Fsp3) is 0.714. The van der Waals surface area contributed by atoms with E-state index < -0.39 is 6.04 Å². The Bertz CT molecular complexity index is 429. The molecular weight excluding hydrogens is 256 g/mol. The average Bonchev–Trinajstić information content (AvgIpc) is 2.75. The number of hydrogen-bond acceptors (Lipinski definition) is 5. The maximum absolute atomic E-state index is 12.2. The minimum atomic E-state index is -0.446. The predicted molar refractivity (Wildman–Crippen MR) is 78.5 cm³/mol. The molecule has 1 rings (SSSR count). The number of aromatic nitrogens is 2. The van der Waals surface area contributed by atoms with Gasteiger partial charge in [-0.1, -0.05) is 6.92 Å². The summed E-state index contributed by atoms with van der Waals surface area (Å²) in [6.07, 6.45) is 2.69. The predicted octanol–water partition coefficient (Wildman–Crippen LogP) is 0.738. The molecule has 114 valence electrons. The van der Waals surface area contributed by atoms with Gasteiger partial charge in [-0.25, -0.2) is 4.79 Å². The van der Waals surface area contributed by atoms with Gasteiger partial charge in [-0.3, -0.25) is 10.00 Å². The van der Waals surface area contributed by atoms with Crippen LogP contribution in [0.2, 0.25) is 0 Å². The highest BCUT2D eigenvalue weighted by Crippen LogP contribution is 2.19. The number of carbonyl (C=O) groups is 1. The lowest BCUT2D eigenvalue weighted by molar-refractivity contribution is -0.145. The van der Waals surface area contributed by atoms with E-state index >= 15 is 0 Å². The third-order valence-corrected chi connectivity index (χ3v) is 3.01. The molecule has 0 amide bonds. The highest BCUT2D eigenvalue weighted by atomic mass is 16.5. The zero-order valence-corrected chi connectivity index (χ0v) is 13.1. The largest absolute Gasteiger partial charge is 0.465 e. The maximum Gasteiger partial charge on any atom is 0.327 e. The summed E-state index contributed by atoms with van der Waals surface area (Å²) < 4.78 is 6.92. The smallest absolute Gasteiger partial charge is 0.327 e. The Morgan fingerprint density at radius 1 is 1.50 bits per heavy atom. The number of nitrogens with one attached hydrogen (secondary N) is 1. The van der Waals surface area contributed by atoms with E-state index in [1.807, 2.05) is 41.2 Å². The van der Waals surface area contributed by atoms with Gasteiger partial charge in [-0.05, 0) is 27.4 Å². The van der Waals surface area contributed by atoms with Crippen molar-refractivity contribution in [3.8, 4) is 0 Å². The summed E-state index contributed by atoms with van der Waals surface area (Å²) in [5.74, 6) is -0.242. The normalized spacial score (nSPS) is 12.7. The molecule has 0 saturated carbocycles. The second kappa shape index (κ2) is 8.01. The molecule has 0 bridgehead atoms. The van der Waals surface area contributed by atoms with Crippen molar-refractivity contribution in [3.63, 3.8) is 0 Å². The van der Waals surface area contributed by atoms with Gasteiger partial charge >= 0.3 is 5.97 Å². The van der Waals surface area contributed by atoms with Crippen LogP contribution in [0, 0.1) is 0 Å². The summed E-state index contributed by atoms with van der Waals surface area (Å²) in [6, 6.07) is -0.446. The summed E-state index contributed by atoms with van der Waals surface area (Å²) in [5.41, 5.74) is 1.84. The van der Waals surface area contributed by atoms with Crippen LogP contribution in [0.3, 0.4) is 0 Å². The molecule has 1 aromatic heterocycles. The Morgan fingerprint density at radius 3 is 2.75 bits per heavy atom. The molecule has 6 heteroatoms. The number of hydrogen-bond donors (Lipinski definition) is 1. The zero-order chi connectivity index (χ0) is 15.1. The van der Waals surface area contributed by atoms with Crippen molar-refractivity contribution in [1.29, 1.82) is 0 Å². The first kappa shape index (κ1) is 16.7. The van der Waals surface area contributed by atoms with Crippen molar-refractivity contribution >= 4 is 5.97 Å². The van der Waals surface area contributed by atoms with E-state index in [4.69, 9.17) is 4.74 Å². The Morgan fingerprint density at radius 2 is 2.20 bits per heavy atom. The third-order valence-electron chi connectivity index (χ3n) is 3.01. The zero-order valence-electron chi connectivity index (χ0n) is 13.1. The monoisotopic (exact) mass is 282 g/mol. The van der Waals surface area contributed by atoms with Crippen LogP contribution in [0.4, 0.5) is 0 Å². The number of aryl methyl sites for hydroxylation is 2. The minimum Gasteiger partial charge on any atom is -0.465 e. The molecule has 1 heterocycles. The Hall–Kier alpha value is -1.40. The highest BCUT2D eigenvalue weighted by molar-refractivity contribution is 5.78. The lowest BCUT2D eigenvalue weighted by atomic mass is 10.1. The fourth-order valence-corrected chi connectivity index (χ4v) is 2.05. The van der Waals surface area contributed by atoms with Gasteiger partial charge in [0.1, 0.15) is 6.04 Å². The number of likely N-dealkylation sites (N-methyl/N-ethyl adjacent to an activating group) is 1. The van der Waals surface area contributed by atoms with Gasteiger partial charge in [0.15, 0.2) is 0 Å². The molecule has 0 aromatic carbocycles. The van der Waals surface area contributed by atoms with E-state index in [1.165, 1.54) is 0 Å². The molecule has 1 unspecified atom stereocenters. The molecule has 1 atom stereocenters. The van der Waals surface area contributed by atoms with Crippen LogP contribution in [-0.2, 0) is 23.0 Å². The molecule has 20 heavy (non-hydrogen) atoms. The Labute approximate surface area is 121 Å². The van der Waals surface area contributed by atoms with Gasteiger partial charge < -0.3 is 9.64 Å². The van der Waals surface area contributed by atoms with Crippen molar-refractivity contribution in [2.24, 2.45) is 7.05 Å². The van der Waals surface area contributed by atoms with Crippen LogP contribution in [0.5, 0.6) is 0 Å². The van der Waals surface area contributed by atoms with E-state index in [1.54, 1.807) is 4.68 Å². The van der Waals surface area contributed by atoms with Crippen LogP contribution in [0.25, 0.3) is 0 Å². The number of esters is 1. The Kier molecular flexibility index (Phi) is 6.67. The van der Waals surface area contributed by atoms with Gasteiger partial charge in [0, 0.05) is 31.9 Å². The van der Waals surface area contributed by atoms with Gasteiger partial charge in [-0.2, -0.15) is 5.10 Å². The second-order valence-electron chi connectivity index (χ2n) is 5.00. The molecule has 0 saturated heterocycles. The molecule has 0 fully saturated rings. The average molecular weight is 282 g/mol. The van der Waals surface area contributed by atoms with Crippen molar-refractivity contribution in [2.45, 2.75) is 26.3 Å². The lowest BCUT2D eigenvalue weighted by Crippen LogP contribution is -2.35. The van der Waals surface area contributed by atoms with E-state index in [0.717, 1.165) is 24.2 Å². The molecule has 0 aliphatic rings. The van der Waals surface area contributed by atoms with Crippen LogP contribution < -0.4 is 5.32 Å². The van der Waals surface area contributed by atoms with Crippen molar-refractivity contribution in [1.82, 2.24) is 20.0 Å². The first-order chi connectivity index (χ1) is 9.49.